The van der Waals surface area contributed by atoms with E-state index >= 15 is 0 Å². The van der Waals surface area contributed by atoms with Crippen molar-refractivity contribution in [3.8, 4) is 5.88 Å². The van der Waals surface area contributed by atoms with Crippen molar-refractivity contribution >= 4 is 0 Å². The molecule has 0 aromatic carbocycles. The first-order valence-electron chi connectivity index (χ1n) is 6.06. The average molecular weight is 220 g/mol. The molecule has 16 heavy (non-hydrogen) atoms. The fourth-order valence-corrected chi connectivity index (χ4v) is 1.97. The van der Waals surface area contributed by atoms with E-state index in [-0.39, 0.29) is 0 Å². The molecule has 1 aliphatic rings. The largest absolute Gasteiger partial charge is 0.473 e. The van der Waals surface area contributed by atoms with Gasteiger partial charge in [-0.3, -0.25) is 0 Å². The zero-order valence-corrected chi connectivity index (χ0v) is 10.1. The maximum absolute atomic E-state index is 5.76. The number of nitrogens with zero attached hydrogens (tertiary/aromatic N) is 1. The van der Waals surface area contributed by atoms with E-state index in [1.54, 1.807) is 0 Å². The minimum Gasteiger partial charge on any atom is -0.473 e. The van der Waals surface area contributed by atoms with Gasteiger partial charge in [0, 0.05) is 18.8 Å². The zero-order chi connectivity index (χ0) is 11.4. The number of aromatic nitrogens is 1. The Hall–Kier alpha value is -1.09. The third-order valence-corrected chi connectivity index (χ3v) is 2.74. The molecule has 0 bridgehead atoms. The summed E-state index contributed by atoms with van der Waals surface area (Å²) < 4.78 is 5.76. The van der Waals surface area contributed by atoms with E-state index in [1.165, 1.54) is 5.56 Å². The second-order valence-electron chi connectivity index (χ2n) is 4.84. The van der Waals surface area contributed by atoms with Gasteiger partial charge in [0.2, 0.25) is 5.88 Å². The van der Waals surface area contributed by atoms with Crippen LogP contribution >= 0.6 is 0 Å². The summed E-state index contributed by atoms with van der Waals surface area (Å²) in [6.45, 7) is 6.43. The van der Waals surface area contributed by atoms with Crippen LogP contribution in [-0.4, -0.2) is 24.2 Å². The summed E-state index contributed by atoms with van der Waals surface area (Å²) in [4.78, 5) is 4.35. The van der Waals surface area contributed by atoms with Crippen LogP contribution in [0.15, 0.2) is 18.3 Å². The molecule has 1 saturated heterocycles. The molecule has 2 rings (SSSR count). The smallest absolute Gasteiger partial charge is 0.213 e. The number of ether oxygens (including phenoxy) is 1. The van der Waals surface area contributed by atoms with Gasteiger partial charge in [-0.1, -0.05) is 19.9 Å². The molecule has 1 aromatic rings. The number of nitrogens with one attached hydrogen (secondary N) is 1. The molecule has 0 radical (unpaired) electrons. The fourth-order valence-electron chi connectivity index (χ4n) is 1.97. The standard InChI is InChI=1S/C13H20N2O/c1-10(2)7-11-3-4-13(15-8-11)16-12-5-6-14-9-12/h3-4,8,10,12,14H,5-7,9H2,1-2H3. The van der Waals surface area contributed by atoms with Crippen molar-refractivity contribution < 1.29 is 4.74 Å². The second-order valence-corrected chi connectivity index (χ2v) is 4.84. The molecule has 3 nitrogen and oxygen atoms in total. The molecule has 1 unspecified atom stereocenters. The van der Waals surface area contributed by atoms with Gasteiger partial charge in [0.15, 0.2) is 0 Å². The molecule has 0 aliphatic carbocycles. The Labute approximate surface area is 97.2 Å². The van der Waals surface area contributed by atoms with Crippen molar-refractivity contribution in [3.05, 3.63) is 23.9 Å². The van der Waals surface area contributed by atoms with Crippen molar-refractivity contribution in [2.24, 2.45) is 5.92 Å². The van der Waals surface area contributed by atoms with E-state index in [2.05, 4.69) is 30.2 Å². The van der Waals surface area contributed by atoms with Gasteiger partial charge in [0.05, 0.1) is 0 Å². The molecule has 0 amide bonds. The normalized spacial score (nSPS) is 20.3. The molecule has 1 fully saturated rings. The van der Waals surface area contributed by atoms with Crippen LogP contribution in [0, 0.1) is 5.92 Å². The predicted octanol–water partition coefficient (Wildman–Crippen LogP) is 2.02. The van der Waals surface area contributed by atoms with E-state index in [1.807, 2.05) is 12.3 Å². The van der Waals surface area contributed by atoms with E-state index < -0.39 is 0 Å². The number of pyridine rings is 1. The van der Waals surface area contributed by atoms with E-state index in [0.717, 1.165) is 31.8 Å². The molecule has 88 valence electrons. The quantitative estimate of drug-likeness (QED) is 0.843. The summed E-state index contributed by atoms with van der Waals surface area (Å²) in [6, 6.07) is 4.10. The molecule has 0 spiro atoms. The van der Waals surface area contributed by atoms with Crippen molar-refractivity contribution in [1.29, 1.82) is 0 Å². The van der Waals surface area contributed by atoms with Gasteiger partial charge in [0.25, 0.3) is 0 Å². The van der Waals surface area contributed by atoms with E-state index in [0.29, 0.717) is 12.0 Å². The first-order chi connectivity index (χ1) is 7.74. The molecular weight excluding hydrogens is 200 g/mol. The first-order valence-corrected chi connectivity index (χ1v) is 6.06. The summed E-state index contributed by atoms with van der Waals surface area (Å²) in [7, 11) is 0. The lowest BCUT2D eigenvalue weighted by molar-refractivity contribution is 0.214. The van der Waals surface area contributed by atoms with Crippen molar-refractivity contribution in [2.45, 2.75) is 32.8 Å². The van der Waals surface area contributed by atoms with Crippen LogP contribution in [-0.2, 0) is 6.42 Å². The summed E-state index contributed by atoms with van der Waals surface area (Å²) in [5.74, 6) is 1.42. The van der Waals surface area contributed by atoms with Gasteiger partial charge in [-0.15, -0.1) is 0 Å². The van der Waals surface area contributed by atoms with Crippen molar-refractivity contribution in [3.63, 3.8) is 0 Å². The highest BCUT2D eigenvalue weighted by Crippen LogP contribution is 2.14. The van der Waals surface area contributed by atoms with Crippen LogP contribution in [0.25, 0.3) is 0 Å². The summed E-state index contributed by atoms with van der Waals surface area (Å²) in [5, 5.41) is 3.28. The Kier molecular flexibility index (Phi) is 3.78. The molecule has 1 atom stereocenters. The average Bonchev–Trinajstić information content (AvgIpc) is 2.73. The topological polar surface area (TPSA) is 34.1 Å². The molecule has 1 N–H and O–H groups in total. The Balaban J connectivity index is 1.90. The monoisotopic (exact) mass is 220 g/mol. The Bertz CT molecular complexity index is 315. The van der Waals surface area contributed by atoms with Gasteiger partial charge in [-0.2, -0.15) is 0 Å². The summed E-state index contributed by atoms with van der Waals surface area (Å²) >= 11 is 0. The highest BCUT2D eigenvalue weighted by molar-refractivity contribution is 5.18. The summed E-state index contributed by atoms with van der Waals surface area (Å²) in [5.41, 5.74) is 1.28. The van der Waals surface area contributed by atoms with Crippen molar-refractivity contribution in [1.82, 2.24) is 10.3 Å². The van der Waals surface area contributed by atoms with E-state index in [9.17, 15) is 0 Å². The van der Waals surface area contributed by atoms with Gasteiger partial charge in [-0.05, 0) is 30.9 Å². The van der Waals surface area contributed by atoms with E-state index in [4.69, 9.17) is 4.74 Å². The summed E-state index contributed by atoms with van der Waals surface area (Å²) in [6.07, 6.45) is 4.38. The van der Waals surface area contributed by atoms with Crippen LogP contribution < -0.4 is 10.1 Å². The van der Waals surface area contributed by atoms with Crippen LogP contribution in [0.5, 0.6) is 5.88 Å². The highest BCUT2D eigenvalue weighted by atomic mass is 16.5. The lowest BCUT2D eigenvalue weighted by atomic mass is 10.1. The minimum atomic E-state index is 0.295. The van der Waals surface area contributed by atoms with Crippen molar-refractivity contribution in [2.75, 3.05) is 13.1 Å². The Morgan fingerprint density at radius 1 is 1.50 bits per heavy atom. The number of rotatable bonds is 4. The zero-order valence-electron chi connectivity index (χ0n) is 10.1. The predicted molar refractivity (Wildman–Crippen MR) is 64.7 cm³/mol. The molecular formula is C13H20N2O. The van der Waals surface area contributed by atoms with Crippen LogP contribution in [0.2, 0.25) is 0 Å². The molecule has 0 saturated carbocycles. The number of hydrogen-bond donors (Lipinski definition) is 1. The minimum absolute atomic E-state index is 0.295. The molecule has 2 heterocycles. The van der Waals surface area contributed by atoms with Gasteiger partial charge >= 0.3 is 0 Å². The maximum Gasteiger partial charge on any atom is 0.213 e. The highest BCUT2D eigenvalue weighted by Gasteiger charge is 2.16. The Morgan fingerprint density at radius 3 is 2.94 bits per heavy atom. The fraction of sp³-hybridized carbons (Fsp3) is 0.615. The third kappa shape index (κ3) is 3.20. The Morgan fingerprint density at radius 2 is 2.38 bits per heavy atom. The number of hydrogen-bond acceptors (Lipinski definition) is 3. The van der Waals surface area contributed by atoms with Gasteiger partial charge < -0.3 is 10.1 Å². The SMILES string of the molecule is CC(C)Cc1ccc(OC2CCNC2)nc1. The lowest BCUT2D eigenvalue weighted by Crippen LogP contribution is -2.20. The maximum atomic E-state index is 5.76. The molecule has 1 aliphatic heterocycles. The molecule has 1 aromatic heterocycles. The van der Waals surface area contributed by atoms with Crippen LogP contribution in [0.3, 0.4) is 0 Å². The van der Waals surface area contributed by atoms with Gasteiger partial charge in [0.1, 0.15) is 6.10 Å². The van der Waals surface area contributed by atoms with Crippen LogP contribution in [0.1, 0.15) is 25.8 Å². The van der Waals surface area contributed by atoms with Crippen LogP contribution in [0.4, 0.5) is 0 Å². The third-order valence-electron chi connectivity index (χ3n) is 2.74. The first kappa shape index (κ1) is 11.4. The lowest BCUT2D eigenvalue weighted by Gasteiger charge is -2.11. The second kappa shape index (κ2) is 5.30. The van der Waals surface area contributed by atoms with Gasteiger partial charge in [-0.25, -0.2) is 4.98 Å². The molecule has 3 heteroatoms.